The SMILES string of the molecule is CCNC(=NCC1(C)CCCCC1O)NCC(c1ccco1)N1CCCC1.I. The predicted octanol–water partition coefficient (Wildman–Crippen LogP) is 3.53. The van der Waals surface area contributed by atoms with Crippen molar-refractivity contribution < 1.29 is 9.52 Å². The number of aliphatic imine (C=N–C) groups is 1. The van der Waals surface area contributed by atoms with Crippen molar-refractivity contribution in [2.24, 2.45) is 10.4 Å². The summed E-state index contributed by atoms with van der Waals surface area (Å²) >= 11 is 0. The molecule has 2 aliphatic rings. The maximum Gasteiger partial charge on any atom is 0.191 e. The van der Waals surface area contributed by atoms with Gasteiger partial charge in [0.1, 0.15) is 5.76 Å². The third-order valence-electron chi connectivity index (χ3n) is 6.14. The fraction of sp³-hybridized carbons (Fsp3) is 0.762. The molecule has 0 radical (unpaired) electrons. The van der Waals surface area contributed by atoms with Gasteiger partial charge < -0.3 is 20.2 Å². The van der Waals surface area contributed by atoms with Gasteiger partial charge in [-0.05, 0) is 57.8 Å². The van der Waals surface area contributed by atoms with Crippen LogP contribution in [0, 0.1) is 5.41 Å². The lowest BCUT2D eigenvalue weighted by Gasteiger charge is -2.37. The molecule has 3 unspecified atom stereocenters. The lowest BCUT2D eigenvalue weighted by atomic mass is 9.73. The number of halogens is 1. The minimum atomic E-state index is -0.252. The number of nitrogens with zero attached hydrogens (tertiary/aromatic N) is 2. The molecular weight excluding hydrogens is 467 g/mol. The van der Waals surface area contributed by atoms with Gasteiger partial charge in [-0.15, -0.1) is 24.0 Å². The zero-order valence-electron chi connectivity index (χ0n) is 17.3. The largest absolute Gasteiger partial charge is 0.468 e. The summed E-state index contributed by atoms with van der Waals surface area (Å²) in [6.45, 7) is 8.71. The van der Waals surface area contributed by atoms with Gasteiger partial charge in [0.2, 0.25) is 0 Å². The van der Waals surface area contributed by atoms with Crippen LogP contribution in [0.25, 0.3) is 0 Å². The quantitative estimate of drug-likeness (QED) is 0.301. The number of aliphatic hydroxyl groups is 1. The van der Waals surface area contributed by atoms with Crippen LogP contribution >= 0.6 is 24.0 Å². The minimum Gasteiger partial charge on any atom is -0.468 e. The lowest BCUT2D eigenvalue weighted by Crippen LogP contribution is -2.44. The Hall–Kier alpha value is -0.800. The summed E-state index contributed by atoms with van der Waals surface area (Å²) in [5, 5.41) is 17.3. The van der Waals surface area contributed by atoms with E-state index in [4.69, 9.17) is 9.41 Å². The number of rotatable bonds is 7. The minimum absolute atomic E-state index is 0. The number of aliphatic hydroxyl groups excluding tert-OH is 1. The van der Waals surface area contributed by atoms with Gasteiger partial charge in [0.15, 0.2) is 5.96 Å². The number of hydrogen-bond acceptors (Lipinski definition) is 4. The number of likely N-dealkylation sites (tertiary alicyclic amines) is 1. The fourth-order valence-electron chi connectivity index (χ4n) is 4.30. The molecule has 0 bridgehead atoms. The van der Waals surface area contributed by atoms with Crippen molar-refractivity contribution in [3.05, 3.63) is 24.2 Å². The summed E-state index contributed by atoms with van der Waals surface area (Å²) in [5.41, 5.74) is -0.115. The van der Waals surface area contributed by atoms with E-state index in [9.17, 15) is 5.11 Å². The highest BCUT2D eigenvalue weighted by atomic mass is 127. The Labute approximate surface area is 186 Å². The predicted molar refractivity (Wildman–Crippen MR) is 124 cm³/mol. The average Bonchev–Trinajstić information content (AvgIpc) is 3.37. The van der Waals surface area contributed by atoms with E-state index >= 15 is 0 Å². The summed E-state index contributed by atoms with van der Waals surface area (Å²) in [6.07, 6.45) is 8.25. The number of hydrogen-bond donors (Lipinski definition) is 3. The number of furan rings is 1. The van der Waals surface area contributed by atoms with Crippen molar-refractivity contribution in [3.63, 3.8) is 0 Å². The summed E-state index contributed by atoms with van der Waals surface area (Å²) in [4.78, 5) is 7.31. The summed E-state index contributed by atoms with van der Waals surface area (Å²) in [7, 11) is 0. The third kappa shape index (κ3) is 6.10. The normalized spacial score (nSPS) is 27.2. The Morgan fingerprint density at radius 3 is 2.75 bits per heavy atom. The van der Waals surface area contributed by atoms with Gasteiger partial charge in [-0.1, -0.05) is 19.8 Å². The maximum atomic E-state index is 10.4. The van der Waals surface area contributed by atoms with Crippen LogP contribution in [0.1, 0.15) is 64.2 Å². The summed E-state index contributed by atoms with van der Waals surface area (Å²) < 4.78 is 5.71. The molecule has 3 atom stereocenters. The number of nitrogens with one attached hydrogen (secondary N) is 2. The standard InChI is InChI=1S/C21H36N4O2.HI/c1-3-22-20(24-16-21(2)11-5-4-10-19(21)26)23-15-17(18-9-8-14-27-18)25-12-6-7-13-25;/h8-9,14,17,19,26H,3-7,10-13,15-16H2,1-2H3,(H2,22,23,24);1H. The second kappa shape index (κ2) is 11.4. The van der Waals surface area contributed by atoms with E-state index in [1.165, 1.54) is 19.3 Å². The van der Waals surface area contributed by atoms with Crippen molar-refractivity contribution in [1.29, 1.82) is 0 Å². The molecule has 0 aromatic carbocycles. The van der Waals surface area contributed by atoms with Crippen LogP contribution in [0.5, 0.6) is 0 Å². The molecule has 3 rings (SSSR count). The molecule has 1 saturated heterocycles. The van der Waals surface area contributed by atoms with Gasteiger partial charge >= 0.3 is 0 Å². The first-order valence-electron chi connectivity index (χ1n) is 10.6. The van der Waals surface area contributed by atoms with Crippen molar-refractivity contribution in [1.82, 2.24) is 15.5 Å². The molecule has 7 heteroatoms. The van der Waals surface area contributed by atoms with E-state index in [1.54, 1.807) is 6.26 Å². The molecule has 28 heavy (non-hydrogen) atoms. The van der Waals surface area contributed by atoms with E-state index in [2.05, 4.69) is 35.4 Å². The highest BCUT2D eigenvalue weighted by molar-refractivity contribution is 14.0. The molecule has 2 fully saturated rings. The molecule has 0 spiro atoms. The smallest absolute Gasteiger partial charge is 0.191 e. The molecular formula is C21H37IN4O2. The van der Waals surface area contributed by atoms with E-state index in [0.29, 0.717) is 6.54 Å². The average molecular weight is 504 g/mol. The van der Waals surface area contributed by atoms with Crippen LogP contribution in [0.4, 0.5) is 0 Å². The topological polar surface area (TPSA) is 73.0 Å². The molecule has 2 heterocycles. The number of guanidine groups is 1. The highest BCUT2D eigenvalue weighted by Crippen LogP contribution is 2.36. The Balaban J connectivity index is 0.00000280. The van der Waals surface area contributed by atoms with Crippen LogP contribution in [0.15, 0.2) is 27.8 Å². The molecule has 0 amide bonds. The van der Waals surface area contributed by atoms with Crippen molar-refractivity contribution >= 4 is 29.9 Å². The van der Waals surface area contributed by atoms with E-state index in [-0.39, 0.29) is 41.5 Å². The molecule has 1 saturated carbocycles. The second-order valence-electron chi connectivity index (χ2n) is 8.27. The van der Waals surface area contributed by atoms with Crippen LogP contribution < -0.4 is 10.6 Å². The highest BCUT2D eigenvalue weighted by Gasteiger charge is 2.35. The van der Waals surface area contributed by atoms with Crippen LogP contribution in [-0.2, 0) is 0 Å². The second-order valence-corrected chi connectivity index (χ2v) is 8.27. The molecule has 160 valence electrons. The van der Waals surface area contributed by atoms with Gasteiger partial charge in [-0.3, -0.25) is 9.89 Å². The molecule has 3 N–H and O–H groups in total. The Morgan fingerprint density at radius 1 is 1.32 bits per heavy atom. The first-order valence-corrected chi connectivity index (χ1v) is 10.6. The van der Waals surface area contributed by atoms with Gasteiger partial charge in [-0.25, -0.2) is 0 Å². The third-order valence-corrected chi connectivity index (χ3v) is 6.14. The summed E-state index contributed by atoms with van der Waals surface area (Å²) in [5.74, 6) is 1.84. The van der Waals surface area contributed by atoms with Gasteiger partial charge in [0.05, 0.1) is 25.0 Å². The van der Waals surface area contributed by atoms with Gasteiger partial charge in [-0.2, -0.15) is 0 Å². The van der Waals surface area contributed by atoms with E-state index in [0.717, 1.165) is 57.2 Å². The lowest BCUT2D eigenvalue weighted by molar-refractivity contribution is 0.00716. The molecule has 1 aromatic rings. The van der Waals surface area contributed by atoms with Crippen LogP contribution in [-0.4, -0.2) is 54.8 Å². The molecule has 1 aliphatic carbocycles. The molecule has 1 aliphatic heterocycles. The van der Waals surface area contributed by atoms with Crippen LogP contribution in [0.2, 0.25) is 0 Å². The van der Waals surface area contributed by atoms with Gasteiger partial charge in [0.25, 0.3) is 0 Å². The van der Waals surface area contributed by atoms with Crippen molar-refractivity contribution in [2.45, 2.75) is 64.5 Å². The van der Waals surface area contributed by atoms with E-state index < -0.39 is 0 Å². The van der Waals surface area contributed by atoms with Gasteiger partial charge in [0, 0.05) is 18.5 Å². The Bertz CT molecular complexity index is 589. The van der Waals surface area contributed by atoms with Crippen LogP contribution in [0.3, 0.4) is 0 Å². The molecule has 1 aromatic heterocycles. The zero-order valence-corrected chi connectivity index (χ0v) is 19.7. The first kappa shape index (κ1) is 23.5. The maximum absolute atomic E-state index is 10.4. The van der Waals surface area contributed by atoms with Crippen molar-refractivity contribution in [2.75, 3.05) is 32.7 Å². The summed E-state index contributed by atoms with van der Waals surface area (Å²) in [6, 6.07) is 4.25. The molecule has 6 nitrogen and oxygen atoms in total. The monoisotopic (exact) mass is 504 g/mol. The van der Waals surface area contributed by atoms with E-state index in [1.807, 2.05) is 6.07 Å². The zero-order chi connectivity index (χ0) is 19.1. The van der Waals surface area contributed by atoms with Crippen molar-refractivity contribution in [3.8, 4) is 0 Å². The first-order chi connectivity index (χ1) is 13.1. The fourth-order valence-corrected chi connectivity index (χ4v) is 4.30. The Morgan fingerprint density at radius 2 is 2.11 bits per heavy atom. The Kier molecular flexibility index (Phi) is 9.56.